The number of nitrogens with two attached hydrogens (primary N) is 1. The van der Waals surface area contributed by atoms with Gasteiger partial charge in [-0.05, 0) is 24.3 Å². The molecule has 0 spiro atoms. The van der Waals surface area contributed by atoms with E-state index in [0.29, 0.717) is 17.8 Å². The fraction of sp³-hybridized carbons (Fsp3) is 0.385. The molecule has 19 heavy (non-hydrogen) atoms. The summed E-state index contributed by atoms with van der Waals surface area (Å²) in [5, 5.41) is 5.40. The molecule has 2 amide bonds. The van der Waals surface area contributed by atoms with Crippen LogP contribution < -0.4 is 16.4 Å². The highest BCUT2D eigenvalue weighted by atomic mass is 16.5. The summed E-state index contributed by atoms with van der Waals surface area (Å²) < 4.78 is 4.93. The van der Waals surface area contributed by atoms with Crippen molar-refractivity contribution in [2.75, 3.05) is 24.3 Å². The van der Waals surface area contributed by atoms with Gasteiger partial charge in [-0.15, -0.1) is 0 Å². The molecular formula is C13H19N3O3. The van der Waals surface area contributed by atoms with E-state index in [-0.39, 0.29) is 18.4 Å². The average Bonchev–Trinajstić information content (AvgIpc) is 2.42. The maximum absolute atomic E-state index is 11.7. The van der Waals surface area contributed by atoms with Crippen LogP contribution in [0.25, 0.3) is 0 Å². The normalized spacial score (nSPS) is 11.7. The molecule has 6 heteroatoms. The van der Waals surface area contributed by atoms with E-state index in [9.17, 15) is 9.59 Å². The van der Waals surface area contributed by atoms with Crippen molar-refractivity contribution in [2.45, 2.75) is 19.4 Å². The molecule has 0 heterocycles. The Labute approximate surface area is 112 Å². The zero-order valence-corrected chi connectivity index (χ0v) is 11.1. The van der Waals surface area contributed by atoms with Crippen LogP contribution >= 0.6 is 0 Å². The van der Waals surface area contributed by atoms with Crippen LogP contribution in [0.2, 0.25) is 0 Å². The Morgan fingerprint density at radius 1 is 1.21 bits per heavy atom. The SMILES string of the molecule is CCC(=O)Nc1ccc(NC(=O)C(CN)OC)cc1. The summed E-state index contributed by atoms with van der Waals surface area (Å²) in [6.45, 7) is 1.90. The van der Waals surface area contributed by atoms with E-state index in [4.69, 9.17) is 10.5 Å². The summed E-state index contributed by atoms with van der Waals surface area (Å²) in [5.74, 6) is -0.352. The summed E-state index contributed by atoms with van der Waals surface area (Å²) in [7, 11) is 1.43. The molecule has 6 nitrogen and oxygen atoms in total. The van der Waals surface area contributed by atoms with Gasteiger partial charge in [0.05, 0.1) is 0 Å². The lowest BCUT2D eigenvalue weighted by Crippen LogP contribution is -2.35. The summed E-state index contributed by atoms with van der Waals surface area (Å²) in [4.78, 5) is 22.9. The topological polar surface area (TPSA) is 93.5 Å². The Morgan fingerprint density at radius 3 is 2.16 bits per heavy atom. The third-order valence-corrected chi connectivity index (χ3v) is 2.55. The van der Waals surface area contributed by atoms with Gasteiger partial charge in [-0.1, -0.05) is 6.92 Å². The van der Waals surface area contributed by atoms with Crippen LogP contribution in [0.1, 0.15) is 13.3 Å². The van der Waals surface area contributed by atoms with Gasteiger partial charge in [0, 0.05) is 31.5 Å². The molecule has 0 aliphatic carbocycles. The molecule has 1 atom stereocenters. The molecule has 1 rings (SSSR count). The van der Waals surface area contributed by atoms with Crippen LogP contribution in [-0.4, -0.2) is 31.6 Å². The lowest BCUT2D eigenvalue weighted by Gasteiger charge is -2.13. The van der Waals surface area contributed by atoms with E-state index < -0.39 is 6.10 Å². The molecule has 0 fully saturated rings. The number of benzene rings is 1. The summed E-state index contributed by atoms with van der Waals surface area (Å²) >= 11 is 0. The van der Waals surface area contributed by atoms with Gasteiger partial charge in [0.1, 0.15) is 6.10 Å². The largest absolute Gasteiger partial charge is 0.370 e. The number of methoxy groups -OCH3 is 1. The highest BCUT2D eigenvalue weighted by Crippen LogP contribution is 2.14. The minimum atomic E-state index is -0.667. The molecule has 0 bridgehead atoms. The monoisotopic (exact) mass is 265 g/mol. The van der Waals surface area contributed by atoms with Gasteiger partial charge in [0.25, 0.3) is 5.91 Å². The molecule has 104 valence electrons. The lowest BCUT2D eigenvalue weighted by atomic mass is 10.2. The zero-order chi connectivity index (χ0) is 14.3. The average molecular weight is 265 g/mol. The molecule has 1 aromatic rings. The molecule has 1 aromatic carbocycles. The van der Waals surface area contributed by atoms with E-state index >= 15 is 0 Å². The van der Waals surface area contributed by atoms with Crippen molar-refractivity contribution in [3.8, 4) is 0 Å². The van der Waals surface area contributed by atoms with Crippen molar-refractivity contribution < 1.29 is 14.3 Å². The van der Waals surface area contributed by atoms with E-state index in [1.165, 1.54) is 7.11 Å². The Balaban J connectivity index is 2.61. The van der Waals surface area contributed by atoms with Gasteiger partial charge in [0.2, 0.25) is 5.91 Å². The van der Waals surface area contributed by atoms with Gasteiger partial charge in [-0.25, -0.2) is 0 Å². The van der Waals surface area contributed by atoms with E-state index in [1.807, 2.05) is 0 Å². The first-order valence-corrected chi connectivity index (χ1v) is 6.04. The second kappa shape index (κ2) is 7.50. The van der Waals surface area contributed by atoms with Crippen LogP contribution in [0, 0.1) is 0 Å². The van der Waals surface area contributed by atoms with Crippen LogP contribution in [0.15, 0.2) is 24.3 Å². The van der Waals surface area contributed by atoms with Crippen molar-refractivity contribution >= 4 is 23.2 Å². The molecule has 0 radical (unpaired) electrons. The first-order valence-electron chi connectivity index (χ1n) is 6.04. The first kappa shape index (κ1) is 15.1. The smallest absolute Gasteiger partial charge is 0.254 e. The van der Waals surface area contributed by atoms with E-state index in [2.05, 4.69) is 10.6 Å². The Bertz CT molecular complexity index is 427. The van der Waals surface area contributed by atoms with Crippen molar-refractivity contribution in [3.63, 3.8) is 0 Å². The maximum Gasteiger partial charge on any atom is 0.254 e. The Hall–Kier alpha value is -1.92. The lowest BCUT2D eigenvalue weighted by molar-refractivity contribution is -0.125. The number of hydrogen-bond acceptors (Lipinski definition) is 4. The quantitative estimate of drug-likeness (QED) is 0.713. The third-order valence-electron chi connectivity index (χ3n) is 2.55. The maximum atomic E-state index is 11.7. The van der Waals surface area contributed by atoms with Gasteiger partial charge < -0.3 is 21.1 Å². The molecular weight excluding hydrogens is 246 g/mol. The minimum absolute atomic E-state index is 0.0561. The molecule has 0 aliphatic rings. The fourth-order valence-electron chi connectivity index (χ4n) is 1.42. The van der Waals surface area contributed by atoms with Crippen LogP contribution in [-0.2, 0) is 14.3 Å². The van der Waals surface area contributed by atoms with E-state index in [1.54, 1.807) is 31.2 Å². The summed E-state index contributed by atoms with van der Waals surface area (Å²) in [5.41, 5.74) is 6.71. The predicted molar refractivity (Wildman–Crippen MR) is 73.8 cm³/mol. The third kappa shape index (κ3) is 4.69. The number of rotatable bonds is 6. The number of anilines is 2. The molecule has 0 saturated heterocycles. The highest BCUT2D eigenvalue weighted by molar-refractivity contribution is 5.95. The molecule has 4 N–H and O–H groups in total. The van der Waals surface area contributed by atoms with Gasteiger partial charge in [-0.2, -0.15) is 0 Å². The predicted octanol–water partition coefficient (Wildman–Crippen LogP) is 0.947. The van der Waals surface area contributed by atoms with Crippen molar-refractivity contribution in [1.29, 1.82) is 0 Å². The Morgan fingerprint density at radius 2 is 1.74 bits per heavy atom. The first-order chi connectivity index (χ1) is 9.10. The minimum Gasteiger partial charge on any atom is -0.370 e. The number of carbonyl (C=O) groups is 2. The molecule has 1 unspecified atom stereocenters. The van der Waals surface area contributed by atoms with Gasteiger partial charge >= 0.3 is 0 Å². The standard InChI is InChI=1S/C13H19N3O3/c1-3-12(17)15-9-4-6-10(7-5-9)16-13(18)11(8-14)19-2/h4-7,11H,3,8,14H2,1-2H3,(H,15,17)(H,16,18). The molecule has 0 aromatic heterocycles. The van der Waals surface area contributed by atoms with Crippen molar-refractivity contribution in [1.82, 2.24) is 0 Å². The summed E-state index contributed by atoms with van der Waals surface area (Å²) in [6.07, 6.45) is -0.246. The molecule has 0 aliphatic heterocycles. The second-order valence-corrected chi connectivity index (χ2v) is 3.93. The van der Waals surface area contributed by atoms with Crippen molar-refractivity contribution in [2.24, 2.45) is 5.73 Å². The number of ether oxygens (including phenoxy) is 1. The highest BCUT2D eigenvalue weighted by Gasteiger charge is 2.15. The van der Waals surface area contributed by atoms with Gasteiger partial charge in [0.15, 0.2) is 0 Å². The number of carbonyl (C=O) groups excluding carboxylic acids is 2. The zero-order valence-electron chi connectivity index (χ0n) is 11.1. The fourth-order valence-corrected chi connectivity index (χ4v) is 1.42. The van der Waals surface area contributed by atoms with E-state index in [0.717, 1.165) is 0 Å². The van der Waals surface area contributed by atoms with Crippen LogP contribution in [0.4, 0.5) is 11.4 Å². The van der Waals surface area contributed by atoms with Crippen LogP contribution in [0.3, 0.4) is 0 Å². The number of hydrogen-bond donors (Lipinski definition) is 3. The second-order valence-electron chi connectivity index (χ2n) is 3.93. The number of nitrogens with one attached hydrogen (secondary N) is 2. The Kier molecular flexibility index (Phi) is 5.98. The van der Waals surface area contributed by atoms with Crippen LogP contribution in [0.5, 0.6) is 0 Å². The van der Waals surface area contributed by atoms with Crippen molar-refractivity contribution in [3.05, 3.63) is 24.3 Å². The number of amides is 2. The summed E-state index contributed by atoms with van der Waals surface area (Å²) in [6, 6.07) is 6.83. The van der Waals surface area contributed by atoms with Gasteiger partial charge in [-0.3, -0.25) is 9.59 Å². The molecule has 0 saturated carbocycles.